The van der Waals surface area contributed by atoms with Crippen molar-refractivity contribution in [3.8, 4) is 0 Å². The predicted octanol–water partition coefficient (Wildman–Crippen LogP) is 2.88. The van der Waals surface area contributed by atoms with Gasteiger partial charge in [-0.05, 0) is 24.9 Å². The van der Waals surface area contributed by atoms with E-state index in [9.17, 15) is 0 Å². The second-order valence-electron chi connectivity index (χ2n) is 4.91. The molecule has 0 aliphatic rings. The number of aryl methyl sites for hydroxylation is 1. The minimum Gasteiger partial charge on any atom is -0.324 e. The van der Waals surface area contributed by atoms with Crippen molar-refractivity contribution in [1.82, 2.24) is 10.3 Å². The number of benzene rings is 1. The molecule has 4 heteroatoms. The highest BCUT2D eigenvalue weighted by Gasteiger charge is 2.14. The van der Waals surface area contributed by atoms with E-state index >= 15 is 0 Å². The van der Waals surface area contributed by atoms with E-state index in [-0.39, 0.29) is 6.04 Å². The highest BCUT2D eigenvalue weighted by molar-refractivity contribution is 7.11. The van der Waals surface area contributed by atoms with Gasteiger partial charge in [0.1, 0.15) is 5.01 Å². The van der Waals surface area contributed by atoms with Gasteiger partial charge in [-0.25, -0.2) is 4.98 Å². The average molecular weight is 275 g/mol. The maximum Gasteiger partial charge on any atom is 0.107 e. The van der Waals surface area contributed by atoms with Crippen molar-refractivity contribution in [2.75, 3.05) is 6.54 Å². The summed E-state index contributed by atoms with van der Waals surface area (Å²) in [4.78, 5) is 5.60. The van der Waals surface area contributed by atoms with Crippen molar-refractivity contribution in [3.63, 3.8) is 0 Å². The number of nitrogens with two attached hydrogens (primary N) is 1. The summed E-state index contributed by atoms with van der Waals surface area (Å²) in [6, 6.07) is 10.3. The Morgan fingerprint density at radius 2 is 2.05 bits per heavy atom. The fraction of sp³-hybridized carbons (Fsp3) is 0.400. The number of hydrogen-bond acceptors (Lipinski definition) is 4. The molecule has 0 fully saturated rings. The molecule has 2 rings (SSSR count). The minimum absolute atomic E-state index is 0.0757. The highest BCUT2D eigenvalue weighted by atomic mass is 32.1. The lowest BCUT2D eigenvalue weighted by Crippen LogP contribution is -2.29. The Kier molecular flexibility index (Phi) is 5.07. The van der Waals surface area contributed by atoms with Crippen LogP contribution in [0.15, 0.2) is 36.5 Å². The molecule has 102 valence electrons. The molecular formula is C15H21N3S. The van der Waals surface area contributed by atoms with Crippen molar-refractivity contribution >= 4 is 11.3 Å². The zero-order chi connectivity index (χ0) is 13.7. The van der Waals surface area contributed by atoms with Crippen molar-refractivity contribution in [2.45, 2.75) is 26.4 Å². The van der Waals surface area contributed by atoms with Crippen molar-refractivity contribution in [1.29, 1.82) is 0 Å². The van der Waals surface area contributed by atoms with Gasteiger partial charge in [-0.2, -0.15) is 0 Å². The van der Waals surface area contributed by atoms with Gasteiger partial charge in [0.05, 0.1) is 0 Å². The third-order valence-corrected chi connectivity index (χ3v) is 4.12. The second kappa shape index (κ2) is 6.80. The van der Waals surface area contributed by atoms with E-state index in [4.69, 9.17) is 5.73 Å². The van der Waals surface area contributed by atoms with Crippen LogP contribution in [0.2, 0.25) is 0 Å². The molecule has 2 aromatic rings. The molecule has 0 aliphatic carbocycles. The zero-order valence-corrected chi connectivity index (χ0v) is 12.3. The van der Waals surface area contributed by atoms with Crippen molar-refractivity contribution < 1.29 is 0 Å². The average Bonchev–Trinajstić information content (AvgIpc) is 2.84. The molecule has 0 bridgehead atoms. The second-order valence-corrected chi connectivity index (χ2v) is 6.23. The van der Waals surface area contributed by atoms with E-state index in [0.717, 1.165) is 18.1 Å². The molecule has 3 N–H and O–H groups in total. The first-order valence-electron chi connectivity index (χ1n) is 6.59. The van der Waals surface area contributed by atoms with Gasteiger partial charge in [-0.1, -0.05) is 37.3 Å². The Balaban J connectivity index is 1.79. The molecule has 19 heavy (non-hydrogen) atoms. The number of hydrogen-bond donors (Lipinski definition) is 2. The van der Waals surface area contributed by atoms with Crippen LogP contribution in [0.3, 0.4) is 0 Å². The monoisotopic (exact) mass is 275 g/mol. The first kappa shape index (κ1) is 14.2. The van der Waals surface area contributed by atoms with Gasteiger partial charge in [0, 0.05) is 23.7 Å². The van der Waals surface area contributed by atoms with Crippen LogP contribution in [0.5, 0.6) is 0 Å². The number of nitrogens with one attached hydrogen (secondary N) is 1. The fourth-order valence-electron chi connectivity index (χ4n) is 2.02. The lowest BCUT2D eigenvalue weighted by atomic mass is 9.95. The quantitative estimate of drug-likeness (QED) is 0.852. The molecule has 0 aliphatic heterocycles. The van der Waals surface area contributed by atoms with Gasteiger partial charge in [-0.3, -0.25) is 0 Å². The SMILES string of the molecule is Cc1cnc(CNCC(C)C(N)c2ccccc2)s1. The molecule has 0 radical (unpaired) electrons. The van der Waals surface area contributed by atoms with E-state index < -0.39 is 0 Å². The Morgan fingerprint density at radius 1 is 1.32 bits per heavy atom. The molecule has 1 heterocycles. The maximum absolute atomic E-state index is 6.27. The zero-order valence-electron chi connectivity index (χ0n) is 11.5. The highest BCUT2D eigenvalue weighted by Crippen LogP contribution is 2.18. The summed E-state index contributed by atoms with van der Waals surface area (Å²) in [7, 11) is 0. The van der Waals surface area contributed by atoms with Crippen LogP contribution in [0.1, 0.15) is 28.4 Å². The van der Waals surface area contributed by atoms with Crippen LogP contribution >= 0.6 is 11.3 Å². The third-order valence-electron chi connectivity index (χ3n) is 3.21. The normalized spacial score (nSPS) is 14.3. The molecule has 0 amide bonds. The van der Waals surface area contributed by atoms with E-state index in [1.165, 1.54) is 10.4 Å². The van der Waals surface area contributed by atoms with E-state index in [1.807, 2.05) is 24.4 Å². The van der Waals surface area contributed by atoms with Crippen LogP contribution in [0.25, 0.3) is 0 Å². The Morgan fingerprint density at radius 3 is 2.68 bits per heavy atom. The van der Waals surface area contributed by atoms with E-state index in [0.29, 0.717) is 5.92 Å². The topological polar surface area (TPSA) is 50.9 Å². The molecular weight excluding hydrogens is 254 g/mol. The Hall–Kier alpha value is -1.23. The van der Waals surface area contributed by atoms with Crippen LogP contribution in [0, 0.1) is 12.8 Å². The summed E-state index contributed by atoms with van der Waals surface area (Å²) in [6.45, 7) is 5.98. The van der Waals surface area contributed by atoms with Gasteiger partial charge in [-0.15, -0.1) is 11.3 Å². The van der Waals surface area contributed by atoms with Gasteiger partial charge in [0.15, 0.2) is 0 Å². The first-order valence-corrected chi connectivity index (χ1v) is 7.41. The minimum atomic E-state index is 0.0757. The number of thiazole rings is 1. The van der Waals surface area contributed by atoms with Gasteiger partial charge in [0.2, 0.25) is 0 Å². The summed E-state index contributed by atoms with van der Waals surface area (Å²) in [5, 5.41) is 4.57. The molecule has 1 aromatic carbocycles. The lowest BCUT2D eigenvalue weighted by Gasteiger charge is -2.20. The third kappa shape index (κ3) is 4.13. The molecule has 0 saturated carbocycles. The molecule has 2 atom stereocenters. The van der Waals surface area contributed by atoms with Crippen LogP contribution in [-0.4, -0.2) is 11.5 Å². The first-order chi connectivity index (χ1) is 9.16. The van der Waals surface area contributed by atoms with E-state index in [1.54, 1.807) is 11.3 Å². The fourth-order valence-corrected chi connectivity index (χ4v) is 2.78. The number of rotatable bonds is 6. The van der Waals surface area contributed by atoms with Gasteiger partial charge >= 0.3 is 0 Å². The largest absolute Gasteiger partial charge is 0.324 e. The number of nitrogens with zero attached hydrogens (tertiary/aromatic N) is 1. The van der Waals surface area contributed by atoms with Gasteiger partial charge < -0.3 is 11.1 Å². The number of aromatic nitrogens is 1. The van der Waals surface area contributed by atoms with Crippen LogP contribution < -0.4 is 11.1 Å². The standard InChI is InChI=1S/C15H21N3S/c1-11(15(16)13-6-4-3-5-7-13)8-17-10-14-18-9-12(2)19-14/h3-7,9,11,15,17H,8,10,16H2,1-2H3. The smallest absolute Gasteiger partial charge is 0.107 e. The molecule has 0 spiro atoms. The van der Waals surface area contributed by atoms with Crippen LogP contribution in [-0.2, 0) is 6.54 Å². The molecule has 2 unspecified atom stereocenters. The summed E-state index contributed by atoms with van der Waals surface area (Å²) in [6.07, 6.45) is 1.92. The van der Waals surface area contributed by atoms with E-state index in [2.05, 4.69) is 36.3 Å². The summed E-state index contributed by atoms with van der Waals surface area (Å²) in [5.74, 6) is 0.392. The maximum atomic E-state index is 6.27. The van der Waals surface area contributed by atoms with Crippen molar-refractivity contribution in [3.05, 3.63) is 52.0 Å². The summed E-state index contributed by atoms with van der Waals surface area (Å²) >= 11 is 1.74. The Bertz CT molecular complexity index is 495. The Labute approximate surface area is 118 Å². The lowest BCUT2D eigenvalue weighted by molar-refractivity contribution is 0.434. The molecule has 1 aromatic heterocycles. The predicted molar refractivity (Wildman–Crippen MR) is 81.1 cm³/mol. The van der Waals surface area contributed by atoms with Gasteiger partial charge in [0.25, 0.3) is 0 Å². The molecule has 3 nitrogen and oxygen atoms in total. The van der Waals surface area contributed by atoms with Crippen LogP contribution in [0.4, 0.5) is 0 Å². The molecule has 0 saturated heterocycles. The summed E-state index contributed by atoms with van der Waals surface area (Å²) in [5.41, 5.74) is 7.47. The van der Waals surface area contributed by atoms with Crippen molar-refractivity contribution in [2.24, 2.45) is 11.7 Å². The summed E-state index contributed by atoms with van der Waals surface area (Å²) < 4.78 is 0.